The largest absolute Gasteiger partial charge is 0.455 e. The molecule has 2 heterocycles. The average molecular weight is 250 g/mol. The molecule has 1 atom stereocenters. The van der Waals surface area contributed by atoms with Crippen LogP contribution >= 0.6 is 14.8 Å². The van der Waals surface area contributed by atoms with Gasteiger partial charge < -0.3 is 4.74 Å². The Morgan fingerprint density at radius 3 is 3.00 bits per heavy atom. The molecule has 0 saturated carbocycles. The molecule has 68 valence electrons. The van der Waals surface area contributed by atoms with Gasteiger partial charge in [0.15, 0.2) is 0 Å². The van der Waals surface area contributed by atoms with E-state index in [2.05, 4.69) is 28.7 Å². The molecule has 0 aromatic carbocycles. The minimum Gasteiger partial charge on any atom is -0.455 e. The first-order valence-corrected chi connectivity index (χ1v) is 7.54. The first-order chi connectivity index (χ1) is 5.58. The Kier molecular flexibility index (Phi) is 2.20. The molecule has 0 bridgehead atoms. The Morgan fingerprint density at radius 1 is 1.50 bits per heavy atom. The molecule has 0 saturated heterocycles. The topological polar surface area (TPSA) is 9.23 Å². The van der Waals surface area contributed by atoms with Gasteiger partial charge in [0.2, 0.25) is 14.8 Å². The number of hydrogen-bond donors (Lipinski definition) is 0. The summed E-state index contributed by atoms with van der Waals surface area (Å²) in [6.07, 6.45) is 2.48. The van der Waals surface area contributed by atoms with Crippen molar-refractivity contribution < 1.29 is 4.74 Å². The highest BCUT2D eigenvalue weighted by Gasteiger charge is 2.42. The van der Waals surface area contributed by atoms with Gasteiger partial charge in [0.25, 0.3) is 0 Å². The highest BCUT2D eigenvalue weighted by molar-refractivity contribution is 9.49. The van der Waals surface area contributed by atoms with Crippen molar-refractivity contribution in [2.75, 3.05) is 12.4 Å². The first-order valence-electron chi connectivity index (χ1n) is 4.30. The fraction of sp³-hybridized carbons (Fsp3) is 0.778. The van der Waals surface area contributed by atoms with Gasteiger partial charge in [-0.15, -0.1) is 0 Å². The van der Waals surface area contributed by atoms with E-state index in [1.807, 2.05) is 0 Å². The zero-order chi connectivity index (χ0) is 8.77. The molecule has 0 spiro atoms. The Balaban J connectivity index is 2.20. The van der Waals surface area contributed by atoms with Crippen molar-refractivity contribution in [2.45, 2.75) is 26.7 Å². The van der Waals surface area contributed by atoms with Crippen molar-refractivity contribution in [3.05, 3.63) is 10.7 Å². The van der Waals surface area contributed by atoms with E-state index < -0.39 is 0 Å². The molecule has 3 heteroatoms. The maximum Gasteiger partial charge on any atom is 0.319 e. The van der Waals surface area contributed by atoms with Crippen LogP contribution < -0.4 is 0 Å². The SMILES string of the molecule is CC1(C)COC2=C(CC[S+]2Br)C1. The van der Waals surface area contributed by atoms with Gasteiger partial charge in [-0.2, -0.15) is 0 Å². The molecular weight excluding hydrogens is 236 g/mol. The monoisotopic (exact) mass is 249 g/mol. The third-order valence-electron chi connectivity index (χ3n) is 2.36. The molecular formula is C9H14BrOS+. The summed E-state index contributed by atoms with van der Waals surface area (Å²) in [5, 5.41) is 1.27. The second kappa shape index (κ2) is 2.95. The van der Waals surface area contributed by atoms with Crippen molar-refractivity contribution in [1.29, 1.82) is 0 Å². The molecule has 2 rings (SSSR count). The summed E-state index contributed by atoms with van der Waals surface area (Å²) in [4.78, 5) is 0. The predicted molar refractivity (Wildman–Crippen MR) is 57.2 cm³/mol. The number of allylic oxidation sites excluding steroid dienone is 1. The van der Waals surface area contributed by atoms with Gasteiger partial charge in [-0.1, -0.05) is 13.8 Å². The zero-order valence-electron chi connectivity index (χ0n) is 7.52. The first kappa shape index (κ1) is 8.95. The molecule has 2 aliphatic heterocycles. The lowest BCUT2D eigenvalue weighted by Gasteiger charge is -2.28. The molecule has 1 nitrogen and oxygen atoms in total. The highest BCUT2D eigenvalue weighted by Crippen LogP contribution is 2.43. The molecule has 0 aromatic heterocycles. The van der Waals surface area contributed by atoms with E-state index in [1.165, 1.54) is 23.7 Å². The van der Waals surface area contributed by atoms with Crippen molar-refractivity contribution in [2.24, 2.45) is 5.41 Å². The summed E-state index contributed by atoms with van der Waals surface area (Å²) in [6, 6.07) is 0. The Morgan fingerprint density at radius 2 is 2.25 bits per heavy atom. The second-order valence-corrected chi connectivity index (χ2v) is 8.09. The van der Waals surface area contributed by atoms with Crippen LogP contribution in [-0.2, 0) is 14.1 Å². The molecule has 0 aromatic rings. The van der Waals surface area contributed by atoms with Gasteiger partial charge in [-0.3, -0.25) is 0 Å². The van der Waals surface area contributed by atoms with E-state index in [9.17, 15) is 0 Å². The van der Waals surface area contributed by atoms with Gasteiger partial charge in [-0.05, 0) is 6.42 Å². The van der Waals surface area contributed by atoms with Crippen LogP contribution in [0.3, 0.4) is 0 Å². The molecule has 0 fully saturated rings. The number of hydrogen-bond acceptors (Lipinski definition) is 1. The number of halogens is 1. The van der Waals surface area contributed by atoms with E-state index in [0.29, 0.717) is 5.41 Å². The van der Waals surface area contributed by atoms with Crippen LogP contribution in [0, 0.1) is 5.41 Å². The Labute approximate surface area is 84.1 Å². The lowest BCUT2D eigenvalue weighted by atomic mass is 9.85. The molecule has 0 amide bonds. The highest BCUT2D eigenvalue weighted by atomic mass is 79.9. The van der Waals surface area contributed by atoms with Crippen LogP contribution in [0.15, 0.2) is 10.7 Å². The summed E-state index contributed by atoms with van der Waals surface area (Å²) < 4.78 is 5.77. The number of rotatable bonds is 0. The normalized spacial score (nSPS) is 33.1. The van der Waals surface area contributed by atoms with E-state index in [0.717, 1.165) is 6.61 Å². The summed E-state index contributed by atoms with van der Waals surface area (Å²) in [5.41, 5.74) is 1.92. The summed E-state index contributed by atoms with van der Waals surface area (Å²) in [5.74, 6) is 1.25. The second-order valence-electron chi connectivity index (χ2n) is 4.31. The Hall–Kier alpha value is 0.370. The fourth-order valence-electron chi connectivity index (χ4n) is 1.78. The van der Waals surface area contributed by atoms with Crippen molar-refractivity contribution >= 4 is 24.1 Å². The van der Waals surface area contributed by atoms with Crippen molar-refractivity contribution in [3.8, 4) is 0 Å². The minimum atomic E-state index is 0.247. The molecule has 12 heavy (non-hydrogen) atoms. The van der Waals surface area contributed by atoms with Crippen LogP contribution in [0.2, 0.25) is 0 Å². The van der Waals surface area contributed by atoms with E-state index in [4.69, 9.17) is 4.74 Å². The van der Waals surface area contributed by atoms with Crippen LogP contribution in [0.25, 0.3) is 0 Å². The predicted octanol–water partition coefficient (Wildman–Crippen LogP) is 2.98. The molecule has 0 aliphatic carbocycles. The molecule has 0 N–H and O–H groups in total. The van der Waals surface area contributed by atoms with E-state index >= 15 is 0 Å². The zero-order valence-corrected chi connectivity index (χ0v) is 9.93. The maximum absolute atomic E-state index is 5.77. The average Bonchev–Trinajstić information content (AvgIpc) is 2.30. The van der Waals surface area contributed by atoms with E-state index in [1.54, 1.807) is 5.57 Å². The molecule has 1 unspecified atom stereocenters. The van der Waals surface area contributed by atoms with E-state index in [-0.39, 0.29) is 9.33 Å². The van der Waals surface area contributed by atoms with Gasteiger partial charge in [0, 0.05) is 17.4 Å². The van der Waals surface area contributed by atoms with Crippen molar-refractivity contribution in [1.82, 2.24) is 0 Å². The van der Waals surface area contributed by atoms with Crippen molar-refractivity contribution in [3.63, 3.8) is 0 Å². The van der Waals surface area contributed by atoms with Gasteiger partial charge in [-0.25, -0.2) is 0 Å². The van der Waals surface area contributed by atoms with Gasteiger partial charge >= 0.3 is 5.09 Å². The third kappa shape index (κ3) is 1.53. The summed E-state index contributed by atoms with van der Waals surface area (Å²) in [7, 11) is 0.247. The van der Waals surface area contributed by atoms with Gasteiger partial charge in [0.05, 0.1) is 6.61 Å². The summed E-state index contributed by atoms with van der Waals surface area (Å²) in [6.45, 7) is 5.45. The third-order valence-corrected chi connectivity index (χ3v) is 5.58. The van der Waals surface area contributed by atoms with Gasteiger partial charge in [0.1, 0.15) is 15.1 Å². The smallest absolute Gasteiger partial charge is 0.319 e. The maximum atomic E-state index is 5.77. The fourth-order valence-corrected chi connectivity index (χ4v) is 4.52. The van der Waals surface area contributed by atoms with Crippen LogP contribution in [0.1, 0.15) is 26.7 Å². The lowest BCUT2D eigenvalue weighted by molar-refractivity contribution is 0.107. The lowest BCUT2D eigenvalue weighted by Crippen LogP contribution is -2.24. The molecule has 0 radical (unpaired) electrons. The Bertz CT molecular complexity index is 235. The quantitative estimate of drug-likeness (QED) is 0.600. The molecule has 2 aliphatic rings. The van der Waals surface area contributed by atoms with Crippen LogP contribution in [0.4, 0.5) is 0 Å². The number of ether oxygens (including phenoxy) is 1. The standard InChI is InChI=1S/C9H14BrOS/c1-9(2)5-7-3-4-12(10)8(7)11-6-9/h3-6H2,1-2H3/q+1. The van der Waals surface area contributed by atoms with Crippen LogP contribution in [0.5, 0.6) is 0 Å². The van der Waals surface area contributed by atoms with Crippen LogP contribution in [-0.4, -0.2) is 12.4 Å². The minimum absolute atomic E-state index is 0.247. The summed E-state index contributed by atoms with van der Waals surface area (Å²) >= 11 is 3.66.